The number of benzene rings is 1. The molecule has 1 aromatic carbocycles. The molecule has 0 saturated carbocycles. The number of hydrogen-bond acceptors (Lipinski definition) is 4. The van der Waals surface area contributed by atoms with Gasteiger partial charge in [-0.15, -0.1) is 11.3 Å². The molecule has 0 unspecified atom stereocenters. The summed E-state index contributed by atoms with van der Waals surface area (Å²) in [5.74, 6) is -0.901. The van der Waals surface area contributed by atoms with Gasteiger partial charge in [-0.05, 0) is 30.3 Å². The molecule has 0 atom stereocenters. The van der Waals surface area contributed by atoms with E-state index in [4.69, 9.17) is 5.21 Å². The third kappa shape index (κ3) is 2.99. The number of thiazole rings is 1. The Morgan fingerprint density at radius 3 is 2.78 bits per heavy atom. The highest BCUT2D eigenvalue weighted by Gasteiger charge is 2.03. The number of hydrogen-bond donors (Lipinski definition) is 2. The SMILES string of the molecule is O=C(/C=C/c1cnc(-c2ccc(F)cc2)s1)NO. The molecule has 18 heavy (non-hydrogen) atoms. The van der Waals surface area contributed by atoms with Crippen molar-refractivity contribution in [2.45, 2.75) is 0 Å². The number of aromatic nitrogens is 1. The molecule has 92 valence electrons. The Balaban J connectivity index is 2.18. The number of nitrogens with one attached hydrogen (secondary N) is 1. The minimum atomic E-state index is -0.605. The number of rotatable bonds is 3. The van der Waals surface area contributed by atoms with E-state index in [0.29, 0.717) is 0 Å². The van der Waals surface area contributed by atoms with E-state index in [1.165, 1.54) is 41.1 Å². The zero-order valence-corrected chi connectivity index (χ0v) is 9.95. The first-order chi connectivity index (χ1) is 8.69. The molecule has 4 nitrogen and oxygen atoms in total. The average molecular weight is 264 g/mol. The summed E-state index contributed by atoms with van der Waals surface area (Å²) in [6, 6.07) is 6.01. The molecule has 2 aromatic rings. The van der Waals surface area contributed by atoms with Crippen LogP contribution in [0.3, 0.4) is 0 Å². The van der Waals surface area contributed by atoms with Crippen LogP contribution in [0.4, 0.5) is 4.39 Å². The number of halogens is 1. The maximum Gasteiger partial charge on any atom is 0.267 e. The summed E-state index contributed by atoms with van der Waals surface area (Å²) in [6.45, 7) is 0. The van der Waals surface area contributed by atoms with E-state index in [0.717, 1.165) is 15.4 Å². The fourth-order valence-electron chi connectivity index (χ4n) is 1.28. The van der Waals surface area contributed by atoms with Crippen molar-refractivity contribution in [2.75, 3.05) is 0 Å². The molecule has 0 aliphatic heterocycles. The predicted octanol–water partition coefficient (Wildman–Crippen LogP) is 2.47. The van der Waals surface area contributed by atoms with Crippen LogP contribution in [0.1, 0.15) is 4.88 Å². The lowest BCUT2D eigenvalue weighted by Gasteiger charge is -1.94. The van der Waals surface area contributed by atoms with Crippen molar-refractivity contribution >= 4 is 23.3 Å². The monoisotopic (exact) mass is 264 g/mol. The quantitative estimate of drug-likeness (QED) is 0.508. The zero-order chi connectivity index (χ0) is 13.0. The van der Waals surface area contributed by atoms with Gasteiger partial charge < -0.3 is 0 Å². The van der Waals surface area contributed by atoms with Gasteiger partial charge in [0.2, 0.25) is 0 Å². The number of carbonyl (C=O) groups is 1. The van der Waals surface area contributed by atoms with Crippen LogP contribution in [0, 0.1) is 5.82 Å². The average Bonchev–Trinajstić information content (AvgIpc) is 2.85. The fraction of sp³-hybridized carbons (Fsp3) is 0. The zero-order valence-electron chi connectivity index (χ0n) is 9.13. The second kappa shape index (κ2) is 5.52. The standard InChI is InChI=1S/C12H9FN2O2S/c13-9-3-1-8(2-4-9)12-14-7-10(18-12)5-6-11(16)15-17/h1-7,17H,(H,15,16)/b6-5+. The van der Waals surface area contributed by atoms with E-state index in [1.54, 1.807) is 18.3 Å². The van der Waals surface area contributed by atoms with Gasteiger partial charge in [0.05, 0.1) is 0 Å². The number of carbonyl (C=O) groups excluding carboxylic acids is 1. The molecule has 1 amide bonds. The first kappa shape index (κ1) is 12.4. The summed E-state index contributed by atoms with van der Waals surface area (Å²) in [5, 5.41) is 9.06. The van der Waals surface area contributed by atoms with Crippen LogP contribution in [0.5, 0.6) is 0 Å². The van der Waals surface area contributed by atoms with Gasteiger partial charge >= 0.3 is 0 Å². The molecule has 0 radical (unpaired) electrons. The van der Waals surface area contributed by atoms with Gasteiger partial charge in [0.1, 0.15) is 10.8 Å². The Morgan fingerprint density at radius 1 is 1.39 bits per heavy atom. The summed E-state index contributed by atoms with van der Waals surface area (Å²) in [5.41, 5.74) is 2.31. The van der Waals surface area contributed by atoms with Crippen LogP contribution in [-0.2, 0) is 4.79 Å². The van der Waals surface area contributed by atoms with Gasteiger partial charge in [-0.25, -0.2) is 14.9 Å². The summed E-state index contributed by atoms with van der Waals surface area (Å²) < 4.78 is 12.8. The van der Waals surface area contributed by atoms with E-state index < -0.39 is 5.91 Å². The topological polar surface area (TPSA) is 62.2 Å². The molecule has 0 aliphatic carbocycles. The highest BCUT2D eigenvalue weighted by atomic mass is 32.1. The molecule has 1 heterocycles. The molecule has 0 bridgehead atoms. The molecule has 0 spiro atoms. The molecule has 0 saturated heterocycles. The first-order valence-corrected chi connectivity index (χ1v) is 5.84. The number of amides is 1. The van der Waals surface area contributed by atoms with Crippen LogP contribution in [0.2, 0.25) is 0 Å². The number of nitrogens with zero attached hydrogens (tertiary/aromatic N) is 1. The molecule has 2 N–H and O–H groups in total. The lowest BCUT2D eigenvalue weighted by atomic mass is 10.2. The summed E-state index contributed by atoms with van der Waals surface area (Å²) in [6.07, 6.45) is 4.34. The first-order valence-electron chi connectivity index (χ1n) is 5.03. The van der Waals surface area contributed by atoms with Gasteiger partial charge in [-0.1, -0.05) is 0 Å². The van der Waals surface area contributed by atoms with Crippen molar-refractivity contribution in [2.24, 2.45) is 0 Å². The van der Waals surface area contributed by atoms with Crippen molar-refractivity contribution < 1.29 is 14.4 Å². The maximum absolute atomic E-state index is 12.8. The molecule has 1 aromatic heterocycles. The minimum Gasteiger partial charge on any atom is -0.288 e. The Bertz CT molecular complexity index is 578. The molecule has 0 aliphatic rings. The largest absolute Gasteiger partial charge is 0.288 e. The summed E-state index contributed by atoms with van der Waals surface area (Å²) >= 11 is 1.36. The van der Waals surface area contributed by atoms with Gasteiger partial charge in [-0.3, -0.25) is 10.0 Å². The van der Waals surface area contributed by atoms with Crippen molar-refractivity contribution in [3.8, 4) is 10.6 Å². The second-order valence-electron chi connectivity index (χ2n) is 3.38. The maximum atomic E-state index is 12.8. The van der Waals surface area contributed by atoms with Crippen LogP contribution < -0.4 is 5.48 Å². The fourth-order valence-corrected chi connectivity index (χ4v) is 2.11. The lowest BCUT2D eigenvalue weighted by molar-refractivity contribution is -0.124. The van der Waals surface area contributed by atoms with E-state index in [1.807, 2.05) is 0 Å². The Kier molecular flexibility index (Phi) is 3.81. The van der Waals surface area contributed by atoms with Gasteiger partial charge in [0.25, 0.3) is 5.91 Å². The third-order valence-electron chi connectivity index (χ3n) is 2.12. The summed E-state index contributed by atoms with van der Waals surface area (Å²) in [7, 11) is 0. The molecule has 6 heteroatoms. The normalized spacial score (nSPS) is 10.8. The highest BCUT2D eigenvalue weighted by Crippen LogP contribution is 2.25. The van der Waals surface area contributed by atoms with Crippen LogP contribution in [-0.4, -0.2) is 16.1 Å². The molecular weight excluding hydrogens is 255 g/mol. The smallest absolute Gasteiger partial charge is 0.267 e. The lowest BCUT2D eigenvalue weighted by Crippen LogP contribution is -2.14. The van der Waals surface area contributed by atoms with E-state index >= 15 is 0 Å². The van der Waals surface area contributed by atoms with Crippen LogP contribution >= 0.6 is 11.3 Å². The van der Waals surface area contributed by atoms with Gasteiger partial charge in [0, 0.05) is 22.7 Å². The molecule has 2 rings (SSSR count). The van der Waals surface area contributed by atoms with E-state index in [9.17, 15) is 9.18 Å². The Labute approximate surface area is 106 Å². The van der Waals surface area contributed by atoms with Crippen molar-refractivity contribution in [3.05, 3.63) is 47.2 Å². The predicted molar refractivity (Wildman–Crippen MR) is 66.5 cm³/mol. The van der Waals surface area contributed by atoms with Crippen LogP contribution in [0.15, 0.2) is 36.5 Å². The van der Waals surface area contributed by atoms with Gasteiger partial charge in [0.15, 0.2) is 0 Å². The number of hydroxylamine groups is 1. The summed E-state index contributed by atoms with van der Waals surface area (Å²) in [4.78, 5) is 15.7. The highest BCUT2D eigenvalue weighted by molar-refractivity contribution is 7.15. The van der Waals surface area contributed by atoms with Crippen molar-refractivity contribution in [1.82, 2.24) is 10.5 Å². The van der Waals surface area contributed by atoms with Crippen LogP contribution in [0.25, 0.3) is 16.6 Å². The van der Waals surface area contributed by atoms with Gasteiger partial charge in [-0.2, -0.15) is 0 Å². The minimum absolute atomic E-state index is 0.296. The Morgan fingerprint density at radius 2 is 2.11 bits per heavy atom. The van der Waals surface area contributed by atoms with E-state index in [2.05, 4.69) is 4.98 Å². The Hall–Kier alpha value is -2.05. The second-order valence-corrected chi connectivity index (χ2v) is 4.45. The van der Waals surface area contributed by atoms with Crippen molar-refractivity contribution in [1.29, 1.82) is 0 Å². The van der Waals surface area contributed by atoms with E-state index in [-0.39, 0.29) is 5.82 Å². The molecule has 0 fully saturated rings. The molecular formula is C12H9FN2O2S. The third-order valence-corrected chi connectivity index (χ3v) is 3.14. The van der Waals surface area contributed by atoms with Crippen molar-refractivity contribution in [3.63, 3.8) is 0 Å².